The molecule has 1 rings (SSSR count). The standard InChI is InChI=1S/C15H25NO/c1-4-15(17)7-6-12-16(5-2)14-10-8-13(3)9-11-14/h8-11,15,17H,4-7,12H2,1-3H3. The Bertz CT molecular complexity index is 307. The van der Waals surface area contributed by atoms with Crippen molar-refractivity contribution in [2.24, 2.45) is 0 Å². The first kappa shape index (κ1) is 14.0. The molecule has 0 fully saturated rings. The normalized spacial score (nSPS) is 12.5. The molecule has 1 unspecified atom stereocenters. The molecule has 0 aliphatic rings. The third kappa shape index (κ3) is 4.78. The molecule has 96 valence electrons. The van der Waals surface area contributed by atoms with Crippen LogP contribution in [0.2, 0.25) is 0 Å². The average Bonchev–Trinajstić information content (AvgIpc) is 2.35. The highest BCUT2D eigenvalue weighted by Gasteiger charge is 2.05. The average molecular weight is 235 g/mol. The Hall–Kier alpha value is -1.02. The van der Waals surface area contributed by atoms with Crippen molar-refractivity contribution in [3.05, 3.63) is 29.8 Å². The van der Waals surface area contributed by atoms with Gasteiger partial charge in [0, 0.05) is 18.8 Å². The van der Waals surface area contributed by atoms with Gasteiger partial charge in [-0.2, -0.15) is 0 Å². The number of rotatable bonds is 7. The van der Waals surface area contributed by atoms with Crippen molar-refractivity contribution in [1.29, 1.82) is 0 Å². The largest absolute Gasteiger partial charge is 0.393 e. The van der Waals surface area contributed by atoms with E-state index in [1.807, 2.05) is 6.92 Å². The van der Waals surface area contributed by atoms with Gasteiger partial charge < -0.3 is 10.0 Å². The van der Waals surface area contributed by atoms with E-state index >= 15 is 0 Å². The Labute approximate surface area is 105 Å². The van der Waals surface area contributed by atoms with Gasteiger partial charge in [0.05, 0.1) is 6.10 Å². The Morgan fingerprint density at radius 2 is 1.82 bits per heavy atom. The third-order valence-corrected chi connectivity index (χ3v) is 3.22. The highest BCUT2D eigenvalue weighted by molar-refractivity contribution is 5.47. The molecular formula is C15H25NO. The summed E-state index contributed by atoms with van der Waals surface area (Å²) in [5.41, 5.74) is 2.58. The molecule has 0 heterocycles. The van der Waals surface area contributed by atoms with E-state index in [4.69, 9.17) is 0 Å². The van der Waals surface area contributed by atoms with Crippen molar-refractivity contribution in [3.63, 3.8) is 0 Å². The van der Waals surface area contributed by atoms with E-state index in [0.29, 0.717) is 0 Å². The maximum atomic E-state index is 9.53. The van der Waals surface area contributed by atoms with E-state index in [9.17, 15) is 5.11 Å². The zero-order valence-electron chi connectivity index (χ0n) is 11.3. The number of benzene rings is 1. The van der Waals surface area contributed by atoms with Gasteiger partial charge in [-0.15, -0.1) is 0 Å². The van der Waals surface area contributed by atoms with E-state index < -0.39 is 0 Å². The van der Waals surface area contributed by atoms with Crippen molar-refractivity contribution < 1.29 is 5.11 Å². The Morgan fingerprint density at radius 1 is 1.18 bits per heavy atom. The van der Waals surface area contributed by atoms with Crippen LogP contribution in [0.25, 0.3) is 0 Å². The molecule has 0 aliphatic carbocycles. The number of hydrogen-bond donors (Lipinski definition) is 1. The van der Waals surface area contributed by atoms with Crippen LogP contribution in [0.1, 0.15) is 38.7 Å². The first-order valence-corrected chi connectivity index (χ1v) is 6.67. The molecule has 0 aliphatic heterocycles. The van der Waals surface area contributed by atoms with Gasteiger partial charge in [-0.3, -0.25) is 0 Å². The summed E-state index contributed by atoms with van der Waals surface area (Å²) in [6.45, 7) is 8.36. The molecule has 1 aromatic rings. The van der Waals surface area contributed by atoms with Crippen LogP contribution in [0.5, 0.6) is 0 Å². The lowest BCUT2D eigenvalue weighted by Gasteiger charge is -2.23. The van der Waals surface area contributed by atoms with E-state index in [1.165, 1.54) is 11.3 Å². The summed E-state index contributed by atoms with van der Waals surface area (Å²) in [6.07, 6.45) is 2.68. The van der Waals surface area contributed by atoms with Gasteiger partial charge in [0.25, 0.3) is 0 Å². The lowest BCUT2D eigenvalue weighted by Crippen LogP contribution is -2.24. The highest BCUT2D eigenvalue weighted by Crippen LogP contribution is 2.16. The molecule has 0 radical (unpaired) electrons. The van der Waals surface area contributed by atoms with Crippen molar-refractivity contribution in [2.75, 3.05) is 18.0 Å². The van der Waals surface area contributed by atoms with Crippen LogP contribution in [0, 0.1) is 6.92 Å². The van der Waals surface area contributed by atoms with Crippen LogP contribution in [0.4, 0.5) is 5.69 Å². The molecule has 0 aromatic heterocycles. The molecule has 0 saturated carbocycles. The van der Waals surface area contributed by atoms with Gasteiger partial charge in [-0.1, -0.05) is 24.6 Å². The molecule has 2 heteroatoms. The number of aliphatic hydroxyl groups is 1. The monoisotopic (exact) mass is 235 g/mol. The Balaban J connectivity index is 2.45. The Kier molecular flexibility index (Phi) is 6.06. The van der Waals surface area contributed by atoms with Crippen molar-refractivity contribution >= 4 is 5.69 Å². The second-order valence-electron chi connectivity index (χ2n) is 4.62. The van der Waals surface area contributed by atoms with Crippen LogP contribution in [0.3, 0.4) is 0 Å². The number of anilines is 1. The van der Waals surface area contributed by atoms with Gasteiger partial charge in [0.1, 0.15) is 0 Å². The zero-order chi connectivity index (χ0) is 12.7. The second-order valence-corrected chi connectivity index (χ2v) is 4.62. The maximum absolute atomic E-state index is 9.53. The highest BCUT2D eigenvalue weighted by atomic mass is 16.3. The maximum Gasteiger partial charge on any atom is 0.0538 e. The van der Waals surface area contributed by atoms with E-state index in [1.54, 1.807) is 0 Å². The number of aryl methyl sites for hydroxylation is 1. The third-order valence-electron chi connectivity index (χ3n) is 3.22. The molecule has 0 amide bonds. The lowest BCUT2D eigenvalue weighted by molar-refractivity contribution is 0.158. The fourth-order valence-corrected chi connectivity index (χ4v) is 1.95. The van der Waals surface area contributed by atoms with Crippen LogP contribution >= 0.6 is 0 Å². The van der Waals surface area contributed by atoms with Crippen LogP contribution in [-0.2, 0) is 0 Å². The van der Waals surface area contributed by atoms with Gasteiger partial charge in [-0.25, -0.2) is 0 Å². The predicted octanol–water partition coefficient (Wildman–Crippen LogP) is 3.37. The summed E-state index contributed by atoms with van der Waals surface area (Å²) in [4.78, 5) is 2.36. The van der Waals surface area contributed by atoms with Crippen molar-refractivity contribution in [3.8, 4) is 0 Å². The molecule has 0 saturated heterocycles. The summed E-state index contributed by atoms with van der Waals surface area (Å²) < 4.78 is 0. The molecule has 1 atom stereocenters. The first-order chi connectivity index (χ1) is 8.17. The lowest BCUT2D eigenvalue weighted by atomic mass is 10.1. The van der Waals surface area contributed by atoms with Crippen LogP contribution in [0.15, 0.2) is 24.3 Å². The number of aliphatic hydroxyl groups excluding tert-OH is 1. The van der Waals surface area contributed by atoms with Crippen LogP contribution < -0.4 is 4.90 Å². The molecule has 2 nitrogen and oxygen atoms in total. The van der Waals surface area contributed by atoms with Crippen molar-refractivity contribution in [2.45, 2.75) is 46.1 Å². The summed E-state index contributed by atoms with van der Waals surface area (Å²) in [5, 5.41) is 9.53. The molecule has 1 N–H and O–H groups in total. The number of nitrogens with zero attached hydrogens (tertiary/aromatic N) is 1. The topological polar surface area (TPSA) is 23.5 Å². The molecule has 0 bridgehead atoms. The van der Waals surface area contributed by atoms with Crippen molar-refractivity contribution in [1.82, 2.24) is 0 Å². The Morgan fingerprint density at radius 3 is 2.35 bits per heavy atom. The van der Waals surface area contributed by atoms with E-state index in [-0.39, 0.29) is 6.10 Å². The molecule has 17 heavy (non-hydrogen) atoms. The minimum Gasteiger partial charge on any atom is -0.393 e. The molecular weight excluding hydrogens is 210 g/mol. The van der Waals surface area contributed by atoms with E-state index in [0.717, 1.165) is 32.4 Å². The van der Waals surface area contributed by atoms with Crippen LogP contribution in [-0.4, -0.2) is 24.3 Å². The minimum absolute atomic E-state index is 0.133. The summed E-state index contributed by atoms with van der Waals surface area (Å²) >= 11 is 0. The summed E-state index contributed by atoms with van der Waals surface area (Å²) in [6, 6.07) is 8.65. The predicted molar refractivity (Wildman–Crippen MR) is 74.6 cm³/mol. The fraction of sp³-hybridized carbons (Fsp3) is 0.600. The molecule has 1 aromatic carbocycles. The molecule has 0 spiro atoms. The fourth-order valence-electron chi connectivity index (χ4n) is 1.95. The quantitative estimate of drug-likeness (QED) is 0.783. The number of hydrogen-bond acceptors (Lipinski definition) is 2. The van der Waals surface area contributed by atoms with Gasteiger partial charge in [0.15, 0.2) is 0 Å². The smallest absolute Gasteiger partial charge is 0.0538 e. The second kappa shape index (κ2) is 7.33. The summed E-state index contributed by atoms with van der Waals surface area (Å²) in [5.74, 6) is 0. The van der Waals surface area contributed by atoms with Gasteiger partial charge >= 0.3 is 0 Å². The van der Waals surface area contributed by atoms with E-state index in [2.05, 4.69) is 43.0 Å². The zero-order valence-corrected chi connectivity index (χ0v) is 11.3. The minimum atomic E-state index is -0.133. The van der Waals surface area contributed by atoms with Gasteiger partial charge in [-0.05, 0) is 45.2 Å². The summed E-state index contributed by atoms with van der Waals surface area (Å²) in [7, 11) is 0. The van der Waals surface area contributed by atoms with Gasteiger partial charge in [0.2, 0.25) is 0 Å². The first-order valence-electron chi connectivity index (χ1n) is 6.67. The SMILES string of the molecule is CCC(O)CCCN(CC)c1ccc(C)cc1.